The van der Waals surface area contributed by atoms with E-state index in [9.17, 15) is 4.79 Å². The molecular formula is C21H26ClNOS. The number of amides is 1. The highest BCUT2D eigenvalue weighted by molar-refractivity contribution is 7.99. The zero-order valence-electron chi connectivity index (χ0n) is 14.9. The van der Waals surface area contributed by atoms with Gasteiger partial charge >= 0.3 is 0 Å². The van der Waals surface area contributed by atoms with Crippen LogP contribution in [0.25, 0.3) is 0 Å². The summed E-state index contributed by atoms with van der Waals surface area (Å²) in [5.74, 6) is 1.95. The Balaban J connectivity index is 1.59. The molecule has 0 aliphatic heterocycles. The van der Waals surface area contributed by atoms with Crippen molar-refractivity contribution in [2.75, 3.05) is 12.3 Å². The number of rotatable bonds is 9. The molecule has 0 saturated carbocycles. The predicted octanol–water partition coefficient (Wildman–Crippen LogP) is 5.45. The number of hydrogen-bond acceptors (Lipinski definition) is 2. The van der Waals surface area contributed by atoms with E-state index in [4.69, 9.17) is 11.6 Å². The quantitative estimate of drug-likeness (QED) is 0.591. The molecule has 0 atom stereocenters. The molecule has 0 aliphatic rings. The number of thioether (sulfide) groups is 1. The molecular weight excluding hydrogens is 350 g/mol. The molecule has 4 heteroatoms. The monoisotopic (exact) mass is 375 g/mol. The summed E-state index contributed by atoms with van der Waals surface area (Å²) >= 11 is 7.57. The molecule has 0 unspecified atom stereocenters. The Morgan fingerprint density at radius 2 is 1.88 bits per heavy atom. The third-order valence-electron chi connectivity index (χ3n) is 4.00. The molecule has 2 aromatic rings. The van der Waals surface area contributed by atoms with E-state index in [1.807, 2.05) is 24.3 Å². The molecule has 0 heterocycles. The van der Waals surface area contributed by atoms with Gasteiger partial charge in [-0.2, -0.15) is 0 Å². The van der Waals surface area contributed by atoms with Crippen LogP contribution in [0.1, 0.15) is 42.9 Å². The summed E-state index contributed by atoms with van der Waals surface area (Å²) in [6.07, 6.45) is 1.96. The summed E-state index contributed by atoms with van der Waals surface area (Å²) in [4.78, 5) is 11.9. The Kier molecular flexibility index (Phi) is 8.36. The molecule has 2 nitrogen and oxygen atoms in total. The standard InChI is InChI=1S/C21H26ClNOS/c1-16(2)19-10-8-17(9-11-19)6-4-12-23-21(24)15-25-14-18-5-3-7-20(22)13-18/h3,5,7-11,13,16H,4,6,12,14-15H2,1-2H3,(H,23,24). The van der Waals surface area contributed by atoms with Crippen molar-refractivity contribution < 1.29 is 4.79 Å². The minimum Gasteiger partial charge on any atom is -0.355 e. The first-order valence-corrected chi connectivity index (χ1v) is 10.3. The number of aryl methyl sites for hydroxylation is 1. The fourth-order valence-corrected chi connectivity index (χ4v) is 3.55. The first-order valence-electron chi connectivity index (χ1n) is 8.72. The summed E-state index contributed by atoms with van der Waals surface area (Å²) in [7, 11) is 0. The molecule has 0 saturated heterocycles. The summed E-state index contributed by atoms with van der Waals surface area (Å²) in [5, 5.41) is 3.73. The van der Waals surface area contributed by atoms with Crippen molar-refractivity contribution in [3.05, 3.63) is 70.2 Å². The minimum absolute atomic E-state index is 0.0992. The van der Waals surface area contributed by atoms with Gasteiger partial charge in [-0.1, -0.05) is 61.8 Å². The Hall–Kier alpha value is -1.45. The number of carbonyl (C=O) groups is 1. The van der Waals surface area contributed by atoms with Crippen molar-refractivity contribution in [3.8, 4) is 0 Å². The lowest BCUT2D eigenvalue weighted by Gasteiger charge is -2.08. The summed E-state index contributed by atoms with van der Waals surface area (Å²) in [5.41, 5.74) is 3.85. The van der Waals surface area contributed by atoms with Crippen molar-refractivity contribution >= 4 is 29.3 Å². The van der Waals surface area contributed by atoms with Crippen molar-refractivity contribution in [1.29, 1.82) is 0 Å². The maximum absolute atomic E-state index is 11.9. The second-order valence-corrected chi connectivity index (χ2v) is 7.89. The number of carbonyl (C=O) groups excluding carboxylic acids is 1. The zero-order valence-corrected chi connectivity index (χ0v) is 16.5. The first kappa shape index (κ1) is 19.9. The van der Waals surface area contributed by atoms with E-state index in [0.29, 0.717) is 11.7 Å². The van der Waals surface area contributed by atoms with E-state index in [0.717, 1.165) is 35.7 Å². The molecule has 0 aromatic heterocycles. The largest absolute Gasteiger partial charge is 0.355 e. The highest BCUT2D eigenvalue weighted by atomic mass is 35.5. The first-order chi connectivity index (χ1) is 12.0. The van der Waals surface area contributed by atoms with Gasteiger partial charge in [0, 0.05) is 17.3 Å². The third kappa shape index (κ3) is 7.54. The van der Waals surface area contributed by atoms with Gasteiger partial charge in [-0.3, -0.25) is 4.79 Å². The van der Waals surface area contributed by atoms with Crippen LogP contribution in [-0.2, 0) is 17.0 Å². The fourth-order valence-electron chi connectivity index (χ4n) is 2.53. The molecule has 2 rings (SSSR count). The average Bonchev–Trinajstić information content (AvgIpc) is 2.59. The lowest BCUT2D eigenvalue weighted by atomic mass is 10.0. The van der Waals surface area contributed by atoms with Gasteiger partial charge in [-0.05, 0) is 47.6 Å². The second kappa shape index (κ2) is 10.5. The van der Waals surface area contributed by atoms with Crippen molar-refractivity contribution in [1.82, 2.24) is 5.32 Å². The van der Waals surface area contributed by atoms with Crippen molar-refractivity contribution in [2.45, 2.75) is 38.4 Å². The van der Waals surface area contributed by atoms with Gasteiger partial charge in [0.1, 0.15) is 0 Å². The number of halogens is 1. The van der Waals surface area contributed by atoms with Gasteiger partial charge < -0.3 is 5.32 Å². The smallest absolute Gasteiger partial charge is 0.230 e. The maximum Gasteiger partial charge on any atom is 0.230 e. The third-order valence-corrected chi connectivity index (χ3v) is 5.24. The van der Waals surface area contributed by atoms with Crippen LogP contribution in [0, 0.1) is 0 Å². The van der Waals surface area contributed by atoms with Gasteiger partial charge in [0.2, 0.25) is 5.91 Å². The highest BCUT2D eigenvalue weighted by Crippen LogP contribution is 2.17. The summed E-state index contributed by atoms with van der Waals surface area (Å²) in [6.45, 7) is 5.13. The van der Waals surface area contributed by atoms with E-state index in [1.165, 1.54) is 11.1 Å². The number of benzene rings is 2. The highest BCUT2D eigenvalue weighted by Gasteiger charge is 2.03. The number of nitrogens with one attached hydrogen (secondary N) is 1. The van der Waals surface area contributed by atoms with E-state index >= 15 is 0 Å². The van der Waals surface area contributed by atoms with Crippen LogP contribution >= 0.6 is 23.4 Å². The molecule has 0 fully saturated rings. The molecule has 0 aliphatic carbocycles. The summed E-state index contributed by atoms with van der Waals surface area (Å²) < 4.78 is 0. The topological polar surface area (TPSA) is 29.1 Å². The Morgan fingerprint density at radius 3 is 2.56 bits per heavy atom. The van der Waals surface area contributed by atoms with Crippen LogP contribution in [0.3, 0.4) is 0 Å². The lowest BCUT2D eigenvalue weighted by Crippen LogP contribution is -2.26. The molecule has 0 bridgehead atoms. The van der Waals surface area contributed by atoms with Crippen LogP contribution in [0.2, 0.25) is 5.02 Å². The van der Waals surface area contributed by atoms with E-state index in [2.05, 4.69) is 43.4 Å². The van der Waals surface area contributed by atoms with Crippen LogP contribution in [-0.4, -0.2) is 18.2 Å². The molecule has 1 amide bonds. The van der Waals surface area contributed by atoms with E-state index in [-0.39, 0.29) is 5.91 Å². The predicted molar refractivity (Wildman–Crippen MR) is 109 cm³/mol. The number of hydrogen-bond donors (Lipinski definition) is 1. The normalized spacial score (nSPS) is 10.9. The minimum atomic E-state index is 0.0992. The van der Waals surface area contributed by atoms with Gasteiger partial charge in [0.15, 0.2) is 0 Å². The van der Waals surface area contributed by atoms with Crippen LogP contribution < -0.4 is 5.32 Å². The summed E-state index contributed by atoms with van der Waals surface area (Å²) in [6, 6.07) is 16.6. The Labute approximate surface area is 160 Å². The second-order valence-electron chi connectivity index (χ2n) is 6.47. The lowest BCUT2D eigenvalue weighted by molar-refractivity contribution is -0.118. The Bertz CT molecular complexity index is 670. The van der Waals surface area contributed by atoms with Gasteiger partial charge in [-0.15, -0.1) is 11.8 Å². The zero-order chi connectivity index (χ0) is 18.1. The van der Waals surface area contributed by atoms with Crippen LogP contribution in [0.4, 0.5) is 0 Å². The van der Waals surface area contributed by atoms with Crippen molar-refractivity contribution in [3.63, 3.8) is 0 Å². The molecule has 2 aromatic carbocycles. The van der Waals surface area contributed by atoms with Gasteiger partial charge in [0.05, 0.1) is 5.75 Å². The van der Waals surface area contributed by atoms with Crippen LogP contribution in [0.15, 0.2) is 48.5 Å². The van der Waals surface area contributed by atoms with E-state index < -0.39 is 0 Å². The van der Waals surface area contributed by atoms with Crippen LogP contribution in [0.5, 0.6) is 0 Å². The SMILES string of the molecule is CC(C)c1ccc(CCCNC(=O)CSCc2cccc(Cl)c2)cc1. The Morgan fingerprint density at radius 1 is 1.12 bits per heavy atom. The van der Waals surface area contributed by atoms with E-state index in [1.54, 1.807) is 11.8 Å². The fraction of sp³-hybridized carbons (Fsp3) is 0.381. The van der Waals surface area contributed by atoms with Gasteiger partial charge in [-0.25, -0.2) is 0 Å². The molecule has 1 N–H and O–H groups in total. The van der Waals surface area contributed by atoms with Crippen molar-refractivity contribution in [2.24, 2.45) is 0 Å². The van der Waals surface area contributed by atoms with Gasteiger partial charge in [0.25, 0.3) is 0 Å². The maximum atomic E-state index is 11.9. The average molecular weight is 376 g/mol. The molecule has 25 heavy (non-hydrogen) atoms. The molecule has 0 radical (unpaired) electrons. The molecule has 0 spiro atoms. The molecule has 134 valence electrons.